The Morgan fingerprint density at radius 2 is 1.85 bits per heavy atom. The highest BCUT2D eigenvalue weighted by Crippen LogP contribution is 2.14. The van der Waals surface area contributed by atoms with Gasteiger partial charge in [0, 0.05) is 44.5 Å². The summed E-state index contributed by atoms with van der Waals surface area (Å²) in [7, 11) is 0. The van der Waals surface area contributed by atoms with Crippen LogP contribution in [0, 0.1) is 5.92 Å². The maximum absolute atomic E-state index is 12.8. The summed E-state index contributed by atoms with van der Waals surface area (Å²) in [4.78, 5) is 32.9. The number of furan rings is 1. The van der Waals surface area contributed by atoms with Crippen LogP contribution in [-0.2, 0) is 0 Å². The van der Waals surface area contributed by atoms with Gasteiger partial charge >= 0.3 is 0 Å². The first-order chi connectivity index (χ1) is 13.0. The first-order valence-electron chi connectivity index (χ1n) is 9.36. The molecule has 0 bridgehead atoms. The fourth-order valence-corrected chi connectivity index (χ4v) is 3.00. The number of carbonyl (C=O) groups excluding carboxylic acids is 2. The van der Waals surface area contributed by atoms with Crippen LogP contribution in [0.5, 0.6) is 0 Å². The van der Waals surface area contributed by atoms with Crippen LogP contribution < -0.4 is 5.32 Å². The van der Waals surface area contributed by atoms with E-state index in [1.165, 1.54) is 6.26 Å². The van der Waals surface area contributed by atoms with Crippen molar-refractivity contribution < 1.29 is 14.0 Å². The van der Waals surface area contributed by atoms with E-state index in [0.717, 1.165) is 13.0 Å². The molecule has 0 atom stereocenters. The lowest BCUT2D eigenvalue weighted by Crippen LogP contribution is -2.50. The number of aromatic nitrogens is 1. The van der Waals surface area contributed by atoms with Crippen molar-refractivity contribution in [2.24, 2.45) is 5.92 Å². The Kier molecular flexibility index (Phi) is 6.11. The van der Waals surface area contributed by atoms with Crippen LogP contribution in [0.4, 0.5) is 5.82 Å². The SMILES string of the molecule is CC(C)CCNc1cc(C(=O)N2CCN(C(=O)c3ccco3)CC2)ccn1. The molecule has 1 N–H and O–H groups in total. The predicted molar refractivity (Wildman–Crippen MR) is 103 cm³/mol. The summed E-state index contributed by atoms with van der Waals surface area (Å²) in [6.45, 7) is 7.17. The summed E-state index contributed by atoms with van der Waals surface area (Å²) in [5, 5.41) is 3.27. The monoisotopic (exact) mass is 370 g/mol. The van der Waals surface area contributed by atoms with Gasteiger partial charge in [0.15, 0.2) is 5.76 Å². The average Bonchev–Trinajstić information content (AvgIpc) is 3.22. The van der Waals surface area contributed by atoms with Crippen molar-refractivity contribution in [3.05, 3.63) is 48.0 Å². The van der Waals surface area contributed by atoms with Crippen molar-refractivity contribution in [1.82, 2.24) is 14.8 Å². The van der Waals surface area contributed by atoms with E-state index < -0.39 is 0 Å². The standard InChI is InChI=1S/C20H26N4O3/c1-15(2)5-7-21-18-14-16(6-8-22-18)19(25)23-9-11-24(12-10-23)20(26)17-4-3-13-27-17/h3-4,6,8,13-15H,5,7,9-12H2,1-2H3,(H,21,22). The number of nitrogens with zero attached hydrogens (tertiary/aromatic N) is 3. The molecule has 0 unspecified atom stereocenters. The number of pyridine rings is 1. The smallest absolute Gasteiger partial charge is 0.289 e. The molecule has 2 aromatic heterocycles. The minimum absolute atomic E-state index is 0.0330. The van der Waals surface area contributed by atoms with E-state index in [9.17, 15) is 9.59 Å². The topological polar surface area (TPSA) is 78.7 Å². The van der Waals surface area contributed by atoms with Crippen molar-refractivity contribution in [3.63, 3.8) is 0 Å². The Labute approximate surface area is 159 Å². The molecule has 27 heavy (non-hydrogen) atoms. The summed E-state index contributed by atoms with van der Waals surface area (Å²) in [5.41, 5.74) is 0.614. The molecule has 0 radical (unpaired) electrons. The average molecular weight is 370 g/mol. The van der Waals surface area contributed by atoms with Gasteiger partial charge in [-0.2, -0.15) is 0 Å². The Balaban J connectivity index is 1.55. The molecule has 1 saturated heterocycles. The molecule has 3 heterocycles. The van der Waals surface area contributed by atoms with Gasteiger partial charge < -0.3 is 19.5 Å². The summed E-state index contributed by atoms with van der Waals surface area (Å²) in [6.07, 6.45) is 4.19. The zero-order valence-electron chi connectivity index (χ0n) is 15.9. The van der Waals surface area contributed by atoms with Crippen molar-refractivity contribution in [1.29, 1.82) is 0 Å². The fourth-order valence-electron chi connectivity index (χ4n) is 3.00. The van der Waals surface area contributed by atoms with Gasteiger partial charge in [0.25, 0.3) is 11.8 Å². The van der Waals surface area contributed by atoms with E-state index >= 15 is 0 Å². The second-order valence-electron chi connectivity index (χ2n) is 7.10. The first-order valence-corrected chi connectivity index (χ1v) is 9.36. The normalized spacial score (nSPS) is 14.5. The van der Waals surface area contributed by atoms with E-state index in [-0.39, 0.29) is 11.8 Å². The number of hydrogen-bond donors (Lipinski definition) is 1. The van der Waals surface area contributed by atoms with E-state index in [1.54, 1.807) is 40.3 Å². The quantitative estimate of drug-likeness (QED) is 0.846. The van der Waals surface area contributed by atoms with E-state index in [1.807, 2.05) is 0 Å². The van der Waals surface area contributed by atoms with Crippen LogP contribution in [0.3, 0.4) is 0 Å². The number of piperazine rings is 1. The van der Waals surface area contributed by atoms with Crippen molar-refractivity contribution in [3.8, 4) is 0 Å². The molecule has 1 fully saturated rings. The molecule has 1 aliphatic heterocycles. The third-order valence-electron chi connectivity index (χ3n) is 4.62. The summed E-state index contributed by atoms with van der Waals surface area (Å²) in [5.74, 6) is 1.50. The van der Waals surface area contributed by atoms with Gasteiger partial charge in [-0.1, -0.05) is 13.8 Å². The zero-order valence-corrected chi connectivity index (χ0v) is 15.9. The van der Waals surface area contributed by atoms with Gasteiger partial charge in [-0.3, -0.25) is 9.59 Å². The van der Waals surface area contributed by atoms with Gasteiger partial charge in [-0.05, 0) is 36.6 Å². The van der Waals surface area contributed by atoms with E-state index in [2.05, 4.69) is 24.1 Å². The molecule has 2 amide bonds. The molecular formula is C20H26N4O3. The molecule has 3 rings (SSSR count). The number of hydrogen-bond acceptors (Lipinski definition) is 5. The van der Waals surface area contributed by atoms with Gasteiger partial charge in [0.05, 0.1) is 6.26 Å². The van der Waals surface area contributed by atoms with Gasteiger partial charge in [0.1, 0.15) is 5.82 Å². The van der Waals surface area contributed by atoms with Gasteiger partial charge in [-0.25, -0.2) is 4.98 Å². The highest BCUT2D eigenvalue weighted by molar-refractivity contribution is 5.95. The molecule has 1 aliphatic rings. The maximum Gasteiger partial charge on any atom is 0.289 e. The lowest BCUT2D eigenvalue weighted by atomic mass is 10.1. The molecule has 144 valence electrons. The highest BCUT2D eigenvalue weighted by atomic mass is 16.3. The summed E-state index contributed by atoms with van der Waals surface area (Å²) < 4.78 is 5.17. The summed E-state index contributed by atoms with van der Waals surface area (Å²) in [6, 6.07) is 6.88. The lowest BCUT2D eigenvalue weighted by molar-refractivity contribution is 0.0518. The van der Waals surface area contributed by atoms with Gasteiger partial charge in [-0.15, -0.1) is 0 Å². The van der Waals surface area contributed by atoms with Crippen LogP contribution in [0.25, 0.3) is 0 Å². The number of nitrogens with one attached hydrogen (secondary N) is 1. The van der Waals surface area contributed by atoms with Crippen LogP contribution in [-0.4, -0.2) is 59.3 Å². The van der Waals surface area contributed by atoms with Crippen molar-refractivity contribution in [2.45, 2.75) is 20.3 Å². The third kappa shape index (κ3) is 4.87. The fraction of sp³-hybridized carbons (Fsp3) is 0.450. The van der Waals surface area contributed by atoms with Crippen molar-refractivity contribution in [2.75, 3.05) is 38.0 Å². The van der Waals surface area contributed by atoms with E-state index in [4.69, 9.17) is 4.42 Å². The van der Waals surface area contributed by atoms with Gasteiger partial charge in [0.2, 0.25) is 0 Å². The molecule has 0 aromatic carbocycles. The second-order valence-corrected chi connectivity index (χ2v) is 7.10. The minimum Gasteiger partial charge on any atom is -0.459 e. The molecular weight excluding hydrogens is 344 g/mol. The van der Waals surface area contributed by atoms with Crippen molar-refractivity contribution >= 4 is 17.6 Å². The molecule has 0 saturated carbocycles. The van der Waals surface area contributed by atoms with Crippen LogP contribution >= 0.6 is 0 Å². The molecule has 7 heteroatoms. The number of amides is 2. The predicted octanol–water partition coefficient (Wildman–Crippen LogP) is 2.73. The lowest BCUT2D eigenvalue weighted by Gasteiger charge is -2.34. The Morgan fingerprint density at radius 3 is 2.48 bits per heavy atom. The first kappa shape index (κ1) is 18.9. The molecule has 2 aromatic rings. The molecule has 0 aliphatic carbocycles. The number of anilines is 1. The van der Waals surface area contributed by atoms with Crippen LogP contribution in [0.15, 0.2) is 41.1 Å². The molecule has 0 spiro atoms. The van der Waals surface area contributed by atoms with Crippen LogP contribution in [0.1, 0.15) is 41.2 Å². The Hall–Kier alpha value is -2.83. The Bertz CT molecular complexity index is 765. The third-order valence-corrected chi connectivity index (χ3v) is 4.62. The minimum atomic E-state index is -0.132. The Morgan fingerprint density at radius 1 is 1.15 bits per heavy atom. The maximum atomic E-state index is 12.8. The zero-order chi connectivity index (χ0) is 19.2. The molecule has 7 nitrogen and oxygen atoms in total. The summed E-state index contributed by atoms with van der Waals surface area (Å²) >= 11 is 0. The largest absolute Gasteiger partial charge is 0.459 e. The van der Waals surface area contributed by atoms with E-state index in [0.29, 0.717) is 49.2 Å². The highest BCUT2D eigenvalue weighted by Gasteiger charge is 2.26. The second kappa shape index (κ2) is 8.70. The number of carbonyl (C=O) groups is 2. The van der Waals surface area contributed by atoms with Crippen LogP contribution in [0.2, 0.25) is 0 Å². The number of rotatable bonds is 6.